The standard InChI is InChI=1S/C24H25N7O2S/c32-23-20(34-24(33)30-23)13-18-7-10-25-21(29-18)12-15-3-5-17(6-4-15)27-14-16-2-1-9-26-22(16)19-8-11-28-31-19/h1-2,7-11,13,15,17,27H,3-6,12,14H2,(H,28,31)(H,30,32,33)/b20-13-. The van der Waals surface area contributed by atoms with Gasteiger partial charge in [-0.3, -0.25) is 25.0 Å². The molecule has 0 spiro atoms. The summed E-state index contributed by atoms with van der Waals surface area (Å²) in [6.45, 7) is 0.769. The highest BCUT2D eigenvalue weighted by atomic mass is 32.2. The molecule has 2 aliphatic rings. The van der Waals surface area contributed by atoms with Gasteiger partial charge in [0.1, 0.15) is 5.82 Å². The maximum atomic E-state index is 11.8. The fourth-order valence-electron chi connectivity index (χ4n) is 4.44. The molecule has 0 aromatic carbocycles. The van der Waals surface area contributed by atoms with Gasteiger partial charge in [0.05, 0.1) is 22.0 Å². The molecule has 34 heavy (non-hydrogen) atoms. The smallest absolute Gasteiger partial charge is 0.290 e. The number of aromatic amines is 1. The first-order valence-corrected chi connectivity index (χ1v) is 12.2. The summed E-state index contributed by atoms with van der Waals surface area (Å²) in [6, 6.07) is 8.23. The Morgan fingerprint density at radius 3 is 2.71 bits per heavy atom. The van der Waals surface area contributed by atoms with Crippen LogP contribution < -0.4 is 10.6 Å². The van der Waals surface area contributed by atoms with E-state index in [1.165, 1.54) is 0 Å². The van der Waals surface area contributed by atoms with Gasteiger partial charge in [-0.2, -0.15) is 5.10 Å². The van der Waals surface area contributed by atoms with E-state index in [0.29, 0.717) is 22.6 Å². The summed E-state index contributed by atoms with van der Waals surface area (Å²) in [6.07, 6.45) is 12.1. The number of aromatic nitrogens is 5. The first kappa shape index (κ1) is 22.4. The number of nitrogens with one attached hydrogen (secondary N) is 3. The van der Waals surface area contributed by atoms with Gasteiger partial charge in [-0.05, 0) is 73.2 Å². The molecule has 10 heteroatoms. The van der Waals surface area contributed by atoms with E-state index in [2.05, 4.69) is 41.8 Å². The topological polar surface area (TPSA) is 126 Å². The van der Waals surface area contributed by atoms with Crippen molar-refractivity contribution in [2.75, 3.05) is 0 Å². The molecule has 1 aliphatic heterocycles. The lowest BCUT2D eigenvalue weighted by atomic mass is 9.84. The van der Waals surface area contributed by atoms with Gasteiger partial charge in [-0.25, -0.2) is 9.97 Å². The molecule has 0 radical (unpaired) electrons. The highest BCUT2D eigenvalue weighted by Crippen LogP contribution is 2.28. The summed E-state index contributed by atoms with van der Waals surface area (Å²) in [5, 5.41) is 12.6. The van der Waals surface area contributed by atoms with Crippen LogP contribution in [0.4, 0.5) is 4.79 Å². The summed E-state index contributed by atoms with van der Waals surface area (Å²) < 4.78 is 0. The van der Waals surface area contributed by atoms with Crippen LogP contribution in [-0.2, 0) is 17.8 Å². The van der Waals surface area contributed by atoms with Crippen molar-refractivity contribution in [1.82, 2.24) is 35.8 Å². The second-order valence-corrected chi connectivity index (χ2v) is 9.55. The number of H-pyrrole nitrogens is 1. The normalized spacial score (nSPS) is 21.7. The third-order valence-electron chi connectivity index (χ3n) is 6.19. The molecule has 2 fully saturated rings. The van der Waals surface area contributed by atoms with Gasteiger partial charge in [-0.15, -0.1) is 0 Å². The van der Waals surface area contributed by atoms with E-state index in [9.17, 15) is 9.59 Å². The molecule has 0 bridgehead atoms. The minimum Gasteiger partial charge on any atom is -0.310 e. The molecule has 1 saturated heterocycles. The second kappa shape index (κ2) is 10.3. The molecule has 3 aromatic heterocycles. The number of pyridine rings is 1. The van der Waals surface area contributed by atoms with Crippen molar-refractivity contribution in [2.45, 2.75) is 44.7 Å². The summed E-state index contributed by atoms with van der Waals surface area (Å²) in [4.78, 5) is 37.0. The van der Waals surface area contributed by atoms with Crippen molar-refractivity contribution in [3.05, 3.63) is 64.8 Å². The summed E-state index contributed by atoms with van der Waals surface area (Å²) in [7, 11) is 0. The van der Waals surface area contributed by atoms with Crippen LogP contribution in [0.2, 0.25) is 0 Å². The molecular formula is C24H25N7O2S. The van der Waals surface area contributed by atoms with Crippen LogP contribution in [0, 0.1) is 5.92 Å². The lowest BCUT2D eigenvalue weighted by Gasteiger charge is -2.29. The molecule has 174 valence electrons. The van der Waals surface area contributed by atoms with Crippen LogP contribution in [0.5, 0.6) is 0 Å². The van der Waals surface area contributed by atoms with Crippen molar-refractivity contribution < 1.29 is 9.59 Å². The fourth-order valence-corrected chi connectivity index (χ4v) is 5.11. The van der Waals surface area contributed by atoms with Crippen LogP contribution in [0.1, 0.15) is 42.8 Å². The molecule has 0 unspecified atom stereocenters. The van der Waals surface area contributed by atoms with E-state index in [-0.39, 0.29) is 11.1 Å². The van der Waals surface area contributed by atoms with Gasteiger partial charge in [0.15, 0.2) is 0 Å². The lowest BCUT2D eigenvalue weighted by Crippen LogP contribution is -2.33. The van der Waals surface area contributed by atoms with Crippen molar-refractivity contribution >= 4 is 29.0 Å². The number of hydrogen-bond acceptors (Lipinski definition) is 8. The molecule has 1 saturated carbocycles. The van der Waals surface area contributed by atoms with Crippen molar-refractivity contribution in [2.24, 2.45) is 5.92 Å². The van der Waals surface area contributed by atoms with Crippen LogP contribution in [0.25, 0.3) is 17.5 Å². The molecule has 4 heterocycles. The summed E-state index contributed by atoms with van der Waals surface area (Å²) >= 11 is 0.899. The van der Waals surface area contributed by atoms with Crippen LogP contribution >= 0.6 is 11.8 Å². The lowest BCUT2D eigenvalue weighted by molar-refractivity contribution is -0.115. The SMILES string of the molecule is O=C1NC(=O)/C(=C/c2ccnc(CC3CCC(NCc4cccnc4-c4ccn[nH]4)CC3)n2)S1. The summed E-state index contributed by atoms with van der Waals surface area (Å²) in [5.74, 6) is 0.939. The Morgan fingerprint density at radius 2 is 1.94 bits per heavy atom. The van der Waals surface area contributed by atoms with Gasteiger partial charge < -0.3 is 5.32 Å². The van der Waals surface area contributed by atoms with Crippen LogP contribution in [-0.4, -0.2) is 42.3 Å². The van der Waals surface area contributed by atoms with Crippen molar-refractivity contribution in [3.8, 4) is 11.4 Å². The van der Waals surface area contributed by atoms with Crippen LogP contribution in [0.3, 0.4) is 0 Å². The first-order valence-electron chi connectivity index (χ1n) is 11.4. The Labute approximate surface area is 201 Å². The number of rotatable bonds is 7. The van der Waals surface area contributed by atoms with E-state index in [0.717, 1.165) is 73.2 Å². The van der Waals surface area contributed by atoms with Crippen molar-refractivity contribution in [1.29, 1.82) is 0 Å². The predicted octanol–water partition coefficient (Wildman–Crippen LogP) is 3.48. The van der Waals surface area contributed by atoms with Crippen LogP contribution in [0.15, 0.2) is 47.8 Å². The summed E-state index contributed by atoms with van der Waals surface area (Å²) in [5.41, 5.74) is 3.67. The van der Waals surface area contributed by atoms with Gasteiger partial charge in [0.25, 0.3) is 11.1 Å². The molecule has 3 N–H and O–H groups in total. The van der Waals surface area contributed by atoms with Gasteiger partial charge >= 0.3 is 0 Å². The minimum atomic E-state index is -0.371. The zero-order valence-corrected chi connectivity index (χ0v) is 19.3. The maximum absolute atomic E-state index is 11.8. The Morgan fingerprint density at radius 1 is 1.06 bits per heavy atom. The number of carbonyl (C=O) groups is 2. The molecule has 0 atom stereocenters. The average molecular weight is 476 g/mol. The van der Waals surface area contributed by atoms with Gasteiger partial charge in [0, 0.05) is 37.6 Å². The number of amides is 2. The van der Waals surface area contributed by atoms with Gasteiger partial charge in [-0.1, -0.05) is 6.07 Å². The molecule has 1 aliphatic carbocycles. The third-order valence-corrected chi connectivity index (χ3v) is 7.00. The molecule has 3 aromatic rings. The number of imide groups is 1. The highest BCUT2D eigenvalue weighted by molar-refractivity contribution is 8.18. The highest BCUT2D eigenvalue weighted by Gasteiger charge is 2.25. The zero-order chi connectivity index (χ0) is 23.3. The Kier molecular flexibility index (Phi) is 6.77. The van der Waals surface area contributed by atoms with Crippen molar-refractivity contribution in [3.63, 3.8) is 0 Å². The predicted molar refractivity (Wildman–Crippen MR) is 129 cm³/mol. The molecule has 5 rings (SSSR count). The number of nitrogens with zero attached hydrogens (tertiary/aromatic N) is 4. The maximum Gasteiger partial charge on any atom is 0.290 e. The molecule has 9 nitrogen and oxygen atoms in total. The van der Waals surface area contributed by atoms with E-state index >= 15 is 0 Å². The average Bonchev–Trinajstić information content (AvgIpc) is 3.49. The number of hydrogen-bond donors (Lipinski definition) is 3. The molecular weight excluding hydrogens is 450 g/mol. The second-order valence-electron chi connectivity index (χ2n) is 8.53. The zero-order valence-electron chi connectivity index (χ0n) is 18.5. The third kappa shape index (κ3) is 5.40. The Balaban J connectivity index is 1.13. The first-order chi connectivity index (χ1) is 16.6. The molecule has 2 amide bonds. The van der Waals surface area contributed by atoms with E-state index in [1.54, 1.807) is 30.7 Å². The van der Waals surface area contributed by atoms with Gasteiger partial charge in [0.2, 0.25) is 0 Å². The fraction of sp³-hybridized carbons (Fsp3) is 0.333. The number of carbonyl (C=O) groups excluding carboxylic acids is 2. The van der Waals surface area contributed by atoms with E-state index in [4.69, 9.17) is 0 Å². The Bertz CT molecular complexity index is 1200. The minimum absolute atomic E-state index is 0.350. The van der Waals surface area contributed by atoms with E-state index < -0.39 is 0 Å². The largest absolute Gasteiger partial charge is 0.310 e. The quantitative estimate of drug-likeness (QED) is 0.444. The number of thioether (sulfide) groups is 1. The monoisotopic (exact) mass is 475 g/mol. The van der Waals surface area contributed by atoms with E-state index in [1.807, 2.05) is 12.1 Å². The Hall–Kier alpha value is -3.37.